The van der Waals surface area contributed by atoms with E-state index in [1.54, 1.807) is 0 Å². The van der Waals surface area contributed by atoms with Crippen LogP contribution in [0.1, 0.15) is 66.2 Å². The van der Waals surface area contributed by atoms with E-state index in [9.17, 15) is 5.11 Å². The van der Waals surface area contributed by atoms with Crippen LogP contribution in [0.3, 0.4) is 0 Å². The van der Waals surface area contributed by atoms with Crippen LogP contribution in [0.15, 0.2) is 22.8 Å². The Bertz CT molecular complexity index is 592. The van der Waals surface area contributed by atoms with Crippen LogP contribution in [0, 0.1) is 11.3 Å². The van der Waals surface area contributed by atoms with Gasteiger partial charge in [-0.05, 0) is 74.9 Å². The zero-order valence-corrected chi connectivity index (χ0v) is 14.9. The topological polar surface area (TPSA) is 42.0 Å². The van der Waals surface area contributed by atoms with Gasteiger partial charge in [-0.1, -0.05) is 25.5 Å². The van der Waals surface area contributed by atoms with E-state index in [0.717, 1.165) is 44.1 Å². The highest BCUT2D eigenvalue weighted by molar-refractivity contribution is 5.38. The number of fused-ring (bicyclic) bond motifs is 2. The Kier molecular flexibility index (Phi) is 3.40. The third-order valence-corrected chi connectivity index (χ3v) is 7.25. The second-order valence-electron chi connectivity index (χ2n) is 8.70. The Balaban J connectivity index is 1.79. The molecule has 2 aliphatic carbocycles. The molecule has 4 bridgehead atoms. The molecule has 0 aromatic carbocycles. The zero-order valence-electron chi connectivity index (χ0n) is 14.9. The van der Waals surface area contributed by atoms with Crippen molar-refractivity contribution in [2.24, 2.45) is 11.3 Å². The smallest absolute Gasteiger partial charge is 0.219 e. The second-order valence-corrected chi connectivity index (χ2v) is 8.70. The molecule has 0 aromatic rings. The van der Waals surface area contributed by atoms with E-state index in [1.807, 2.05) is 0 Å². The lowest BCUT2D eigenvalue weighted by molar-refractivity contribution is -0.169. The summed E-state index contributed by atoms with van der Waals surface area (Å²) in [5.74, 6) is -0.543. The lowest BCUT2D eigenvalue weighted by Crippen LogP contribution is -2.42. The highest BCUT2D eigenvalue weighted by Crippen LogP contribution is 2.59. The van der Waals surface area contributed by atoms with E-state index in [0.29, 0.717) is 12.5 Å². The largest absolute Gasteiger partial charge is 0.360 e. The minimum atomic E-state index is -1.18. The summed E-state index contributed by atoms with van der Waals surface area (Å²) in [5.41, 5.74) is 3.89. The van der Waals surface area contributed by atoms with Gasteiger partial charge >= 0.3 is 0 Å². The van der Waals surface area contributed by atoms with E-state index in [-0.39, 0.29) is 17.1 Å². The molecule has 2 aliphatic heterocycles. The minimum absolute atomic E-state index is 0.137. The number of hydrogen-bond donors (Lipinski definition) is 1. The molecule has 4 aliphatic rings. The molecule has 2 heterocycles. The van der Waals surface area contributed by atoms with Crippen molar-refractivity contribution < 1.29 is 14.6 Å². The molecule has 0 amide bonds. The van der Waals surface area contributed by atoms with Crippen molar-refractivity contribution in [3.63, 3.8) is 0 Å². The van der Waals surface area contributed by atoms with Crippen molar-refractivity contribution in [1.82, 2.24) is 0 Å². The van der Waals surface area contributed by atoms with Gasteiger partial charge in [0.2, 0.25) is 5.79 Å². The molecule has 3 nitrogen and oxygen atoms in total. The average Bonchev–Trinajstić information content (AvgIpc) is 3.05. The summed E-state index contributed by atoms with van der Waals surface area (Å²) >= 11 is 0. The molecule has 0 saturated carbocycles. The zero-order chi connectivity index (χ0) is 16.5. The summed E-state index contributed by atoms with van der Waals surface area (Å²) in [6, 6.07) is 0. The fourth-order valence-corrected chi connectivity index (χ4v) is 5.10. The van der Waals surface area contributed by atoms with Crippen LogP contribution in [0.2, 0.25) is 0 Å². The summed E-state index contributed by atoms with van der Waals surface area (Å²) in [7, 11) is 0. The Morgan fingerprint density at radius 1 is 1.17 bits per heavy atom. The molecule has 128 valence electrons. The molecule has 1 saturated heterocycles. The fourth-order valence-electron chi connectivity index (χ4n) is 5.10. The number of hydrogen-bond acceptors (Lipinski definition) is 3. The molecule has 4 rings (SSSR count). The third-order valence-electron chi connectivity index (χ3n) is 7.25. The van der Waals surface area contributed by atoms with Crippen LogP contribution in [0.5, 0.6) is 0 Å². The predicted octanol–water partition coefficient (Wildman–Crippen LogP) is 4.12. The summed E-state index contributed by atoms with van der Waals surface area (Å²) in [6.45, 7) is 9.70. The monoisotopic (exact) mass is 318 g/mol. The van der Waals surface area contributed by atoms with Gasteiger partial charge < -0.3 is 14.6 Å². The molecule has 0 aromatic heterocycles. The normalized spacial score (nSPS) is 52.1. The molecular weight excluding hydrogens is 288 g/mol. The number of aliphatic hydroxyl groups is 1. The van der Waals surface area contributed by atoms with Gasteiger partial charge in [0.05, 0.1) is 12.2 Å². The molecule has 1 fully saturated rings. The van der Waals surface area contributed by atoms with E-state index < -0.39 is 5.79 Å². The summed E-state index contributed by atoms with van der Waals surface area (Å²) in [6.07, 6.45) is 8.51. The molecule has 5 atom stereocenters. The van der Waals surface area contributed by atoms with Crippen molar-refractivity contribution in [3.05, 3.63) is 22.8 Å². The van der Waals surface area contributed by atoms with Gasteiger partial charge in [0, 0.05) is 0 Å². The first-order chi connectivity index (χ1) is 10.8. The second kappa shape index (κ2) is 4.93. The van der Waals surface area contributed by atoms with E-state index >= 15 is 0 Å². The molecule has 3 heteroatoms. The highest BCUT2D eigenvalue weighted by atomic mass is 16.7. The first-order valence-electron chi connectivity index (χ1n) is 9.22. The number of ether oxygens (including phenoxy) is 2. The molecular formula is C20H30O3. The Morgan fingerprint density at radius 3 is 2.74 bits per heavy atom. The minimum Gasteiger partial charge on any atom is -0.360 e. The number of allylic oxidation sites excluding steroid dienone is 2. The average molecular weight is 318 g/mol. The quantitative estimate of drug-likeness (QED) is 0.540. The third kappa shape index (κ3) is 2.20. The van der Waals surface area contributed by atoms with Crippen molar-refractivity contribution >= 4 is 0 Å². The van der Waals surface area contributed by atoms with Crippen molar-refractivity contribution in [2.75, 3.05) is 6.61 Å². The van der Waals surface area contributed by atoms with Gasteiger partial charge in [-0.15, -0.1) is 0 Å². The van der Waals surface area contributed by atoms with Crippen LogP contribution in [-0.4, -0.2) is 29.2 Å². The summed E-state index contributed by atoms with van der Waals surface area (Å²) in [5, 5.41) is 11.3. The lowest BCUT2D eigenvalue weighted by atomic mass is 9.62. The SMILES string of the molecule is C/C1=C\CC[C@@]2(C)O[C@@H]2[C@@]2(O)OCC3=C2CC[C@@H](C)[C@]3(C)CC1. The van der Waals surface area contributed by atoms with Gasteiger partial charge in [-0.3, -0.25) is 0 Å². The first-order valence-corrected chi connectivity index (χ1v) is 9.22. The predicted molar refractivity (Wildman–Crippen MR) is 89.9 cm³/mol. The standard InChI is InChI=1S/C20H30O3/c1-13-6-5-10-19(4)17(23-19)20(21)15-8-7-14(2)18(3,11-9-13)16(15)12-22-20/h6,14,17,21H,5,7-12H2,1-4H3/b13-6+/t14-,17+,18+,19-,20+/m1/s1. The van der Waals surface area contributed by atoms with E-state index in [1.165, 1.54) is 11.1 Å². The van der Waals surface area contributed by atoms with Gasteiger partial charge in [0.25, 0.3) is 0 Å². The maximum absolute atomic E-state index is 11.3. The van der Waals surface area contributed by atoms with Crippen molar-refractivity contribution in [3.8, 4) is 0 Å². The van der Waals surface area contributed by atoms with Gasteiger partial charge in [0.1, 0.15) is 6.10 Å². The number of rotatable bonds is 0. The Morgan fingerprint density at radius 2 is 1.96 bits per heavy atom. The molecule has 0 spiro atoms. The Hall–Kier alpha value is -0.640. The maximum Gasteiger partial charge on any atom is 0.219 e. The first kappa shape index (κ1) is 15.9. The molecule has 1 N–H and O–H groups in total. The Labute approximate surface area is 139 Å². The van der Waals surface area contributed by atoms with Crippen LogP contribution in [0.25, 0.3) is 0 Å². The molecule has 0 radical (unpaired) electrons. The van der Waals surface area contributed by atoms with Crippen LogP contribution < -0.4 is 0 Å². The molecule has 0 unspecified atom stereocenters. The van der Waals surface area contributed by atoms with Crippen LogP contribution >= 0.6 is 0 Å². The highest BCUT2D eigenvalue weighted by Gasteiger charge is 2.67. The van der Waals surface area contributed by atoms with Crippen LogP contribution in [-0.2, 0) is 9.47 Å². The van der Waals surface area contributed by atoms with E-state index in [4.69, 9.17) is 9.47 Å². The maximum atomic E-state index is 11.3. The fraction of sp³-hybridized carbons (Fsp3) is 0.800. The summed E-state index contributed by atoms with van der Waals surface area (Å²) < 4.78 is 12.0. The van der Waals surface area contributed by atoms with Crippen LogP contribution in [0.4, 0.5) is 0 Å². The number of epoxide rings is 1. The van der Waals surface area contributed by atoms with Gasteiger partial charge in [-0.25, -0.2) is 0 Å². The summed E-state index contributed by atoms with van der Waals surface area (Å²) in [4.78, 5) is 0. The van der Waals surface area contributed by atoms with E-state index in [2.05, 4.69) is 33.8 Å². The van der Waals surface area contributed by atoms with Crippen molar-refractivity contribution in [2.45, 2.75) is 83.7 Å². The van der Waals surface area contributed by atoms with Crippen molar-refractivity contribution in [1.29, 1.82) is 0 Å². The molecule has 23 heavy (non-hydrogen) atoms. The lowest BCUT2D eigenvalue weighted by Gasteiger charge is -2.42. The van der Waals surface area contributed by atoms with Gasteiger partial charge in [-0.2, -0.15) is 0 Å². The van der Waals surface area contributed by atoms with Gasteiger partial charge in [0.15, 0.2) is 0 Å².